The summed E-state index contributed by atoms with van der Waals surface area (Å²) in [5.41, 5.74) is 5.50. The maximum atomic E-state index is 8.80. The van der Waals surface area contributed by atoms with E-state index >= 15 is 0 Å². The summed E-state index contributed by atoms with van der Waals surface area (Å²) < 4.78 is 0. The fraction of sp³-hybridized carbons (Fsp3) is 0.462. The number of nitriles is 1. The van der Waals surface area contributed by atoms with Gasteiger partial charge in [0.15, 0.2) is 0 Å². The van der Waals surface area contributed by atoms with Gasteiger partial charge >= 0.3 is 0 Å². The molecule has 2 unspecified atom stereocenters. The zero-order valence-corrected chi connectivity index (χ0v) is 8.96. The lowest BCUT2D eigenvalue weighted by atomic mass is 9.95. The minimum atomic E-state index is 0.274. The second-order valence-corrected chi connectivity index (χ2v) is 4.30. The Bertz CT molecular complexity index is 412. The Balaban J connectivity index is 2.38. The largest absolute Gasteiger partial charge is 0.198 e. The summed E-state index contributed by atoms with van der Waals surface area (Å²) in [6, 6.07) is 6.71. The van der Waals surface area contributed by atoms with E-state index in [1.165, 1.54) is 22.3 Å². The Morgan fingerprint density at radius 3 is 2.50 bits per heavy atom. The highest BCUT2D eigenvalue weighted by Crippen LogP contribution is 2.48. The number of rotatable bonds is 1. The summed E-state index contributed by atoms with van der Waals surface area (Å²) >= 11 is 0. The molecule has 1 nitrogen and oxygen atoms in total. The molecular weight excluding hydrogens is 170 g/mol. The van der Waals surface area contributed by atoms with Crippen LogP contribution in [0.3, 0.4) is 0 Å². The molecule has 2 atom stereocenters. The van der Waals surface area contributed by atoms with Crippen molar-refractivity contribution in [1.82, 2.24) is 0 Å². The Labute approximate surface area is 85.4 Å². The molecule has 0 aliphatic heterocycles. The normalized spacial score (nSPS) is 24.4. The molecule has 14 heavy (non-hydrogen) atoms. The van der Waals surface area contributed by atoms with Gasteiger partial charge in [0.1, 0.15) is 0 Å². The van der Waals surface area contributed by atoms with Crippen molar-refractivity contribution in [3.8, 4) is 6.07 Å². The summed E-state index contributed by atoms with van der Waals surface area (Å²) in [4.78, 5) is 0. The van der Waals surface area contributed by atoms with Crippen LogP contribution in [-0.4, -0.2) is 0 Å². The van der Waals surface area contributed by atoms with Crippen molar-refractivity contribution in [2.24, 2.45) is 5.92 Å². The molecule has 1 aliphatic rings. The lowest BCUT2D eigenvalue weighted by molar-refractivity contribution is 0.998. The number of hydrogen-bond donors (Lipinski definition) is 0. The van der Waals surface area contributed by atoms with E-state index in [2.05, 4.69) is 39.0 Å². The van der Waals surface area contributed by atoms with E-state index in [-0.39, 0.29) is 5.92 Å². The zero-order chi connectivity index (χ0) is 10.3. The van der Waals surface area contributed by atoms with E-state index in [0.717, 1.165) is 6.42 Å². The van der Waals surface area contributed by atoms with E-state index in [0.29, 0.717) is 5.92 Å². The number of hydrogen-bond acceptors (Lipinski definition) is 1. The van der Waals surface area contributed by atoms with Gasteiger partial charge in [-0.1, -0.05) is 12.1 Å². The van der Waals surface area contributed by atoms with Crippen LogP contribution in [0.2, 0.25) is 0 Å². The van der Waals surface area contributed by atoms with Gasteiger partial charge in [-0.3, -0.25) is 0 Å². The molecule has 2 rings (SSSR count). The Kier molecular flexibility index (Phi) is 2.07. The Hall–Kier alpha value is -1.29. The van der Waals surface area contributed by atoms with Gasteiger partial charge in [0.25, 0.3) is 0 Å². The third-order valence-electron chi connectivity index (χ3n) is 3.46. The van der Waals surface area contributed by atoms with E-state index < -0.39 is 0 Å². The van der Waals surface area contributed by atoms with Gasteiger partial charge in [0.05, 0.1) is 12.0 Å². The second kappa shape index (κ2) is 3.13. The quantitative estimate of drug-likeness (QED) is 0.659. The number of nitrogens with zero attached hydrogens (tertiary/aromatic N) is 1. The lowest BCUT2D eigenvalue weighted by Gasteiger charge is -2.10. The van der Waals surface area contributed by atoms with Crippen molar-refractivity contribution >= 4 is 0 Å². The lowest BCUT2D eigenvalue weighted by Crippen LogP contribution is -1.93. The van der Waals surface area contributed by atoms with Crippen LogP contribution in [0.25, 0.3) is 0 Å². The smallest absolute Gasteiger partial charge is 0.0662 e. The molecule has 0 bridgehead atoms. The molecule has 72 valence electrons. The van der Waals surface area contributed by atoms with Crippen LogP contribution < -0.4 is 0 Å². The fourth-order valence-electron chi connectivity index (χ4n) is 2.06. The summed E-state index contributed by atoms with van der Waals surface area (Å²) in [5.74, 6) is 0.787. The average molecular weight is 185 g/mol. The highest BCUT2D eigenvalue weighted by atomic mass is 14.4. The molecule has 0 aromatic heterocycles. The SMILES string of the molecule is Cc1ccc(C2CC2C#N)c(C)c1C. The molecule has 1 heteroatoms. The van der Waals surface area contributed by atoms with E-state index in [4.69, 9.17) is 5.26 Å². The predicted molar refractivity (Wildman–Crippen MR) is 57.1 cm³/mol. The van der Waals surface area contributed by atoms with Crippen LogP contribution in [-0.2, 0) is 0 Å². The maximum Gasteiger partial charge on any atom is 0.0662 e. The van der Waals surface area contributed by atoms with Crippen molar-refractivity contribution in [2.75, 3.05) is 0 Å². The first kappa shape index (κ1) is 9.27. The molecule has 0 spiro atoms. The van der Waals surface area contributed by atoms with Crippen molar-refractivity contribution in [1.29, 1.82) is 5.26 Å². The summed E-state index contributed by atoms with van der Waals surface area (Å²) in [6.45, 7) is 6.48. The maximum absolute atomic E-state index is 8.80. The standard InChI is InChI=1S/C13H15N/c1-8-4-5-12(10(3)9(8)2)13-6-11(13)7-14/h4-5,11,13H,6H2,1-3H3. The summed E-state index contributed by atoms with van der Waals surface area (Å²) in [5, 5.41) is 8.80. The first-order valence-corrected chi connectivity index (χ1v) is 5.11. The second-order valence-electron chi connectivity index (χ2n) is 4.30. The third kappa shape index (κ3) is 1.32. The van der Waals surface area contributed by atoms with Crippen molar-refractivity contribution in [2.45, 2.75) is 33.1 Å². The first-order valence-electron chi connectivity index (χ1n) is 5.11. The van der Waals surface area contributed by atoms with E-state index in [1.54, 1.807) is 0 Å². The van der Waals surface area contributed by atoms with Crippen LogP contribution in [0, 0.1) is 38.0 Å². The number of aryl methyl sites for hydroxylation is 1. The average Bonchev–Trinajstić information content (AvgIpc) is 2.94. The topological polar surface area (TPSA) is 23.8 Å². The molecule has 1 aromatic carbocycles. The minimum absolute atomic E-state index is 0.274. The highest BCUT2D eigenvalue weighted by molar-refractivity contribution is 5.43. The van der Waals surface area contributed by atoms with Gasteiger partial charge < -0.3 is 0 Å². The molecule has 0 radical (unpaired) electrons. The summed E-state index contributed by atoms with van der Waals surface area (Å²) in [7, 11) is 0. The van der Waals surface area contributed by atoms with Crippen LogP contribution in [0.4, 0.5) is 0 Å². The van der Waals surface area contributed by atoms with Crippen LogP contribution in [0.5, 0.6) is 0 Å². The minimum Gasteiger partial charge on any atom is -0.198 e. The molecule has 0 saturated heterocycles. The molecule has 1 saturated carbocycles. The van der Waals surface area contributed by atoms with E-state index in [9.17, 15) is 0 Å². The molecule has 1 aromatic rings. The number of benzene rings is 1. The third-order valence-corrected chi connectivity index (χ3v) is 3.46. The van der Waals surface area contributed by atoms with Crippen LogP contribution in [0.15, 0.2) is 12.1 Å². The van der Waals surface area contributed by atoms with Gasteiger partial charge in [0, 0.05) is 5.92 Å². The molecule has 0 heterocycles. The fourth-order valence-corrected chi connectivity index (χ4v) is 2.06. The Morgan fingerprint density at radius 2 is 1.93 bits per heavy atom. The van der Waals surface area contributed by atoms with Gasteiger partial charge in [-0.25, -0.2) is 0 Å². The van der Waals surface area contributed by atoms with Crippen molar-refractivity contribution in [3.05, 3.63) is 34.4 Å². The predicted octanol–water partition coefficient (Wildman–Crippen LogP) is 3.24. The zero-order valence-electron chi connectivity index (χ0n) is 8.96. The van der Waals surface area contributed by atoms with Crippen molar-refractivity contribution in [3.63, 3.8) is 0 Å². The van der Waals surface area contributed by atoms with Crippen LogP contribution >= 0.6 is 0 Å². The van der Waals surface area contributed by atoms with Gasteiger partial charge in [-0.2, -0.15) is 5.26 Å². The molecule has 1 aliphatic carbocycles. The highest BCUT2D eigenvalue weighted by Gasteiger charge is 2.39. The summed E-state index contributed by atoms with van der Waals surface area (Å²) in [6.07, 6.45) is 1.06. The molecule has 1 fully saturated rings. The monoisotopic (exact) mass is 185 g/mol. The van der Waals surface area contributed by atoms with Crippen molar-refractivity contribution < 1.29 is 0 Å². The van der Waals surface area contributed by atoms with Gasteiger partial charge in [0.2, 0.25) is 0 Å². The van der Waals surface area contributed by atoms with E-state index in [1.807, 2.05) is 0 Å². The van der Waals surface area contributed by atoms with Gasteiger partial charge in [-0.05, 0) is 49.4 Å². The molecule has 0 amide bonds. The Morgan fingerprint density at radius 1 is 1.21 bits per heavy atom. The van der Waals surface area contributed by atoms with Crippen LogP contribution in [0.1, 0.15) is 34.6 Å². The molecule has 0 N–H and O–H groups in total. The van der Waals surface area contributed by atoms with Gasteiger partial charge in [-0.15, -0.1) is 0 Å². The molecular formula is C13H15N. The first-order chi connectivity index (χ1) is 6.65.